The van der Waals surface area contributed by atoms with E-state index in [1.807, 2.05) is 0 Å². The largest absolute Gasteiger partial charge is 0.361 e. The monoisotopic (exact) mass is 178 g/mol. The van der Waals surface area contributed by atoms with Gasteiger partial charge in [0.2, 0.25) is 0 Å². The van der Waals surface area contributed by atoms with Crippen LogP contribution < -0.4 is 5.32 Å². The van der Waals surface area contributed by atoms with Gasteiger partial charge in [0.25, 0.3) is 0 Å². The number of aromatic nitrogens is 1. The number of hydrogen-bond donors (Lipinski definition) is 1. The summed E-state index contributed by atoms with van der Waals surface area (Å²) >= 11 is 0. The lowest BCUT2D eigenvalue weighted by atomic mass is 9.81. The second-order valence-electron chi connectivity index (χ2n) is 4.02. The Kier molecular flexibility index (Phi) is 1.65. The van der Waals surface area contributed by atoms with Crippen molar-refractivity contribution in [3.8, 4) is 0 Å². The highest BCUT2D eigenvalue weighted by Crippen LogP contribution is 2.38. The van der Waals surface area contributed by atoms with E-state index in [2.05, 4.69) is 10.5 Å². The molecule has 70 valence electrons. The van der Waals surface area contributed by atoms with Gasteiger partial charge < -0.3 is 9.84 Å². The molecule has 13 heavy (non-hydrogen) atoms. The number of nitrogens with zero attached hydrogens (tertiary/aromatic N) is 1. The second-order valence-corrected chi connectivity index (χ2v) is 4.02. The average Bonchev–Trinajstić information content (AvgIpc) is 2.47. The number of rotatable bonds is 1. The second kappa shape index (κ2) is 2.84. The number of hydrogen-bond acceptors (Lipinski definition) is 3. The van der Waals surface area contributed by atoms with Crippen molar-refractivity contribution in [3.63, 3.8) is 0 Å². The van der Waals surface area contributed by atoms with Gasteiger partial charge >= 0.3 is 0 Å². The molecule has 3 nitrogen and oxygen atoms in total. The fraction of sp³-hybridized carbons (Fsp3) is 0.700. The molecule has 1 aromatic heterocycles. The summed E-state index contributed by atoms with van der Waals surface area (Å²) in [4.78, 5) is 0. The standard InChI is InChI=1S/C10H14N2O/c1-2-7(3-1)10-8-6-11-5-4-9(8)13-12-10/h7,11H,1-6H2. The summed E-state index contributed by atoms with van der Waals surface area (Å²) in [6, 6.07) is 0. The van der Waals surface area contributed by atoms with Gasteiger partial charge in [-0.3, -0.25) is 0 Å². The molecule has 1 saturated carbocycles. The highest BCUT2D eigenvalue weighted by atomic mass is 16.5. The van der Waals surface area contributed by atoms with Crippen LogP contribution in [0.5, 0.6) is 0 Å². The van der Waals surface area contributed by atoms with Crippen LogP contribution in [0.25, 0.3) is 0 Å². The third kappa shape index (κ3) is 1.10. The van der Waals surface area contributed by atoms with Crippen molar-refractivity contribution < 1.29 is 4.52 Å². The van der Waals surface area contributed by atoms with Crippen molar-refractivity contribution in [1.82, 2.24) is 10.5 Å². The summed E-state index contributed by atoms with van der Waals surface area (Å²) in [5.41, 5.74) is 2.60. The van der Waals surface area contributed by atoms with E-state index in [0.29, 0.717) is 5.92 Å². The fourth-order valence-electron chi connectivity index (χ4n) is 2.16. The first-order valence-electron chi connectivity index (χ1n) is 5.13. The number of nitrogens with one attached hydrogen (secondary N) is 1. The Hall–Kier alpha value is -0.830. The van der Waals surface area contributed by atoms with Crippen molar-refractivity contribution in [2.45, 2.75) is 38.1 Å². The van der Waals surface area contributed by atoms with Crippen LogP contribution in [0.3, 0.4) is 0 Å². The van der Waals surface area contributed by atoms with Gasteiger partial charge in [0, 0.05) is 31.0 Å². The lowest BCUT2D eigenvalue weighted by molar-refractivity contribution is 0.345. The van der Waals surface area contributed by atoms with Gasteiger partial charge in [-0.25, -0.2) is 0 Å². The van der Waals surface area contributed by atoms with Gasteiger partial charge in [0.15, 0.2) is 0 Å². The molecule has 3 rings (SSSR count). The molecule has 1 aliphatic heterocycles. The predicted octanol–water partition coefficient (Wildman–Crippen LogP) is 1.59. The van der Waals surface area contributed by atoms with Gasteiger partial charge in [-0.2, -0.15) is 0 Å². The minimum atomic E-state index is 0.701. The van der Waals surface area contributed by atoms with Crippen LogP contribution in [-0.2, 0) is 13.0 Å². The summed E-state index contributed by atoms with van der Waals surface area (Å²) in [6.07, 6.45) is 4.98. The van der Waals surface area contributed by atoms with Gasteiger partial charge in [0.05, 0.1) is 5.69 Å². The molecule has 0 amide bonds. The maximum Gasteiger partial charge on any atom is 0.142 e. The van der Waals surface area contributed by atoms with Crippen molar-refractivity contribution in [1.29, 1.82) is 0 Å². The van der Waals surface area contributed by atoms with E-state index in [1.165, 1.54) is 30.5 Å². The van der Waals surface area contributed by atoms with E-state index in [4.69, 9.17) is 4.52 Å². The lowest BCUT2D eigenvalue weighted by Gasteiger charge is -2.24. The van der Waals surface area contributed by atoms with Crippen LogP contribution in [0, 0.1) is 0 Å². The Morgan fingerprint density at radius 1 is 1.38 bits per heavy atom. The Balaban J connectivity index is 1.95. The zero-order valence-electron chi connectivity index (χ0n) is 7.68. The Labute approximate surface area is 77.5 Å². The summed E-state index contributed by atoms with van der Waals surface area (Å²) in [6.45, 7) is 2.00. The Morgan fingerprint density at radius 3 is 3.08 bits per heavy atom. The summed E-state index contributed by atoms with van der Waals surface area (Å²) in [7, 11) is 0. The molecule has 3 heteroatoms. The molecular weight excluding hydrogens is 164 g/mol. The van der Waals surface area contributed by atoms with Crippen LogP contribution in [0.15, 0.2) is 4.52 Å². The smallest absolute Gasteiger partial charge is 0.142 e. The molecule has 0 radical (unpaired) electrons. The predicted molar refractivity (Wildman–Crippen MR) is 48.5 cm³/mol. The minimum Gasteiger partial charge on any atom is -0.361 e. The van der Waals surface area contributed by atoms with Gasteiger partial charge in [-0.05, 0) is 12.8 Å². The quantitative estimate of drug-likeness (QED) is 0.709. The SMILES string of the molecule is C1CC(c2noc3c2CNCC3)C1. The first kappa shape index (κ1) is 7.56. The van der Waals surface area contributed by atoms with E-state index in [-0.39, 0.29) is 0 Å². The molecule has 1 aliphatic carbocycles. The molecule has 0 unspecified atom stereocenters. The molecule has 2 heterocycles. The summed E-state index contributed by atoms with van der Waals surface area (Å²) < 4.78 is 5.35. The Morgan fingerprint density at radius 2 is 2.31 bits per heavy atom. The van der Waals surface area contributed by atoms with Crippen molar-refractivity contribution in [2.75, 3.05) is 6.54 Å². The first-order chi connectivity index (χ1) is 6.45. The van der Waals surface area contributed by atoms with E-state index in [9.17, 15) is 0 Å². The highest BCUT2D eigenvalue weighted by molar-refractivity contribution is 5.28. The van der Waals surface area contributed by atoms with Crippen LogP contribution in [0.4, 0.5) is 0 Å². The summed E-state index contributed by atoms with van der Waals surface area (Å²) in [5.74, 6) is 1.83. The van der Waals surface area contributed by atoms with E-state index < -0.39 is 0 Å². The lowest BCUT2D eigenvalue weighted by Crippen LogP contribution is -2.24. The van der Waals surface area contributed by atoms with E-state index in [1.54, 1.807) is 0 Å². The van der Waals surface area contributed by atoms with Gasteiger partial charge in [-0.15, -0.1) is 0 Å². The van der Waals surface area contributed by atoms with Crippen LogP contribution in [-0.4, -0.2) is 11.7 Å². The normalized spacial score (nSPS) is 22.5. The molecule has 1 aromatic rings. The molecule has 0 spiro atoms. The van der Waals surface area contributed by atoms with Crippen LogP contribution in [0.1, 0.15) is 42.2 Å². The maximum absolute atomic E-state index is 5.35. The van der Waals surface area contributed by atoms with Crippen LogP contribution >= 0.6 is 0 Å². The Bertz CT molecular complexity index is 315. The minimum absolute atomic E-state index is 0.701. The zero-order chi connectivity index (χ0) is 8.67. The topological polar surface area (TPSA) is 38.1 Å². The molecule has 0 bridgehead atoms. The molecule has 0 aromatic carbocycles. The molecule has 1 N–H and O–H groups in total. The highest BCUT2D eigenvalue weighted by Gasteiger charge is 2.28. The molecule has 0 saturated heterocycles. The van der Waals surface area contributed by atoms with Gasteiger partial charge in [0.1, 0.15) is 5.76 Å². The van der Waals surface area contributed by atoms with Gasteiger partial charge in [-0.1, -0.05) is 11.6 Å². The molecule has 1 fully saturated rings. The first-order valence-corrected chi connectivity index (χ1v) is 5.13. The summed E-state index contributed by atoms with van der Waals surface area (Å²) in [5, 5.41) is 7.58. The molecular formula is C10H14N2O. The fourth-order valence-corrected chi connectivity index (χ4v) is 2.16. The third-order valence-corrected chi connectivity index (χ3v) is 3.22. The van der Waals surface area contributed by atoms with Crippen molar-refractivity contribution in [3.05, 3.63) is 17.0 Å². The van der Waals surface area contributed by atoms with Crippen molar-refractivity contribution in [2.24, 2.45) is 0 Å². The third-order valence-electron chi connectivity index (χ3n) is 3.22. The van der Waals surface area contributed by atoms with Crippen molar-refractivity contribution >= 4 is 0 Å². The van der Waals surface area contributed by atoms with E-state index in [0.717, 1.165) is 25.3 Å². The van der Waals surface area contributed by atoms with E-state index >= 15 is 0 Å². The zero-order valence-corrected chi connectivity index (χ0v) is 7.68. The average molecular weight is 178 g/mol. The molecule has 0 atom stereocenters. The number of fused-ring (bicyclic) bond motifs is 1. The molecule has 2 aliphatic rings. The van der Waals surface area contributed by atoms with Crippen LogP contribution in [0.2, 0.25) is 0 Å². The maximum atomic E-state index is 5.35.